The third-order valence-electron chi connectivity index (χ3n) is 4.58. The third kappa shape index (κ3) is 3.26. The molecular formula is C17H19Cl2NO3S. The van der Waals surface area contributed by atoms with Crippen LogP contribution >= 0.6 is 35.0 Å². The molecule has 1 aromatic rings. The fourth-order valence-electron chi connectivity index (χ4n) is 2.73. The highest BCUT2D eigenvalue weighted by Gasteiger charge is 2.69. The molecule has 0 spiro atoms. The minimum absolute atomic E-state index is 0.232. The Bertz CT molecular complexity index is 682. The molecule has 1 heterocycles. The van der Waals surface area contributed by atoms with Gasteiger partial charge in [-0.25, -0.2) is 0 Å². The topological polar surface area (TPSA) is 46.6 Å². The number of para-hydroxylation sites is 1. The number of halogens is 2. The second-order valence-electron chi connectivity index (χ2n) is 6.52. The summed E-state index contributed by atoms with van der Waals surface area (Å²) in [5.41, 5.74) is -0.0492. The first-order valence-electron chi connectivity index (χ1n) is 7.86. The van der Waals surface area contributed by atoms with Gasteiger partial charge in [-0.3, -0.25) is 9.59 Å². The summed E-state index contributed by atoms with van der Waals surface area (Å²) in [7, 11) is 0. The number of esters is 1. The summed E-state index contributed by atoms with van der Waals surface area (Å²) < 4.78 is 4.11. The number of ether oxygens (including phenoxy) is 1. The Morgan fingerprint density at radius 3 is 2.71 bits per heavy atom. The largest absolute Gasteiger partial charge is 0.455 e. The van der Waals surface area contributed by atoms with E-state index in [2.05, 4.69) is 6.92 Å². The molecule has 3 rings (SSSR count). The molecule has 1 saturated carbocycles. The molecule has 7 heteroatoms. The Balaban J connectivity index is 1.68. The van der Waals surface area contributed by atoms with E-state index in [1.165, 1.54) is 0 Å². The predicted octanol–water partition coefficient (Wildman–Crippen LogP) is 4.03. The number of rotatable bonds is 3. The number of fused-ring (bicyclic) bond motifs is 1. The van der Waals surface area contributed by atoms with Crippen molar-refractivity contribution >= 4 is 52.5 Å². The van der Waals surface area contributed by atoms with Gasteiger partial charge in [-0.15, -0.1) is 35.0 Å². The van der Waals surface area contributed by atoms with Gasteiger partial charge in [0, 0.05) is 23.1 Å². The lowest BCUT2D eigenvalue weighted by Gasteiger charge is -2.22. The summed E-state index contributed by atoms with van der Waals surface area (Å²) in [5.74, 6) is -0.754. The van der Waals surface area contributed by atoms with Crippen LogP contribution in [0.2, 0.25) is 0 Å². The Morgan fingerprint density at radius 2 is 2.04 bits per heavy atom. The molecule has 0 unspecified atom stereocenters. The molecule has 1 aliphatic carbocycles. The molecular weight excluding hydrogens is 369 g/mol. The van der Waals surface area contributed by atoms with Crippen molar-refractivity contribution in [2.45, 2.75) is 41.2 Å². The van der Waals surface area contributed by atoms with Crippen LogP contribution in [-0.4, -0.2) is 34.6 Å². The number of benzene rings is 1. The van der Waals surface area contributed by atoms with Crippen molar-refractivity contribution in [3.05, 3.63) is 24.3 Å². The normalized spacial score (nSPS) is 27.8. The van der Waals surface area contributed by atoms with Crippen molar-refractivity contribution in [2.24, 2.45) is 5.41 Å². The maximum Gasteiger partial charge on any atom is 0.315 e. The van der Waals surface area contributed by atoms with Crippen LogP contribution in [0.3, 0.4) is 0 Å². The number of hydrogen-bond donors (Lipinski definition) is 0. The van der Waals surface area contributed by atoms with Gasteiger partial charge in [0.1, 0.15) is 9.75 Å². The lowest BCUT2D eigenvalue weighted by atomic mass is 10.1. The molecule has 1 fully saturated rings. The molecule has 4 nitrogen and oxygen atoms in total. The van der Waals surface area contributed by atoms with Crippen LogP contribution in [0.4, 0.5) is 5.69 Å². The first-order valence-corrected chi connectivity index (χ1v) is 9.49. The number of nitrogens with zero attached hydrogens (tertiary/aromatic N) is 1. The number of hydrogen-bond acceptors (Lipinski definition) is 4. The number of amides is 1. The lowest BCUT2D eigenvalue weighted by Crippen LogP contribution is -2.36. The van der Waals surface area contributed by atoms with Crippen molar-refractivity contribution in [3.8, 4) is 0 Å². The molecule has 2 atom stereocenters. The van der Waals surface area contributed by atoms with E-state index >= 15 is 0 Å². The van der Waals surface area contributed by atoms with Gasteiger partial charge in [0.15, 0.2) is 6.61 Å². The van der Waals surface area contributed by atoms with Gasteiger partial charge >= 0.3 is 5.97 Å². The molecule has 0 N–H and O–H groups in total. The summed E-state index contributed by atoms with van der Waals surface area (Å²) in [6, 6.07) is 7.79. The van der Waals surface area contributed by atoms with Crippen molar-refractivity contribution in [1.29, 1.82) is 0 Å². The number of anilines is 1. The van der Waals surface area contributed by atoms with Gasteiger partial charge in [-0.1, -0.05) is 19.1 Å². The van der Waals surface area contributed by atoms with E-state index < -0.39 is 15.7 Å². The van der Waals surface area contributed by atoms with Crippen LogP contribution in [0.15, 0.2) is 29.2 Å². The van der Waals surface area contributed by atoms with Crippen molar-refractivity contribution in [1.82, 2.24) is 0 Å². The van der Waals surface area contributed by atoms with Crippen LogP contribution in [0, 0.1) is 5.41 Å². The van der Waals surface area contributed by atoms with Crippen LogP contribution < -0.4 is 4.90 Å². The van der Waals surface area contributed by atoms with Crippen LogP contribution in [0.25, 0.3) is 0 Å². The van der Waals surface area contributed by atoms with E-state index in [0.717, 1.165) is 17.0 Å². The third-order valence-corrected chi connectivity index (χ3v) is 6.92. The zero-order valence-electron chi connectivity index (χ0n) is 13.6. The SMILES string of the molecule is C[C@@H]1CCN(C(=O)COC(=O)[C@]2(C)CC2(Cl)Cl)c2ccccc2S1. The van der Waals surface area contributed by atoms with E-state index in [0.29, 0.717) is 18.2 Å². The second-order valence-corrected chi connectivity index (χ2v) is 9.48. The molecule has 0 radical (unpaired) electrons. The first-order chi connectivity index (χ1) is 11.2. The van der Waals surface area contributed by atoms with Gasteiger partial charge in [0.25, 0.3) is 5.91 Å². The van der Waals surface area contributed by atoms with Crippen molar-refractivity contribution < 1.29 is 14.3 Å². The standard InChI is InChI=1S/C17H19Cl2NO3S/c1-11-7-8-20(12-5-3-4-6-13(12)24-11)14(21)9-23-15(22)16(2)10-17(16,18)19/h3-6,11H,7-10H2,1-2H3/t11-,16+/m1/s1. The van der Waals surface area contributed by atoms with Crippen molar-refractivity contribution in [3.63, 3.8) is 0 Å². The molecule has 0 aromatic heterocycles. The minimum Gasteiger partial charge on any atom is -0.455 e. The molecule has 1 aliphatic heterocycles. The fraction of sp³-hybridized carbons (Fsp3) is 0.529. The molecule has 2 aliphatic rings. The van der Waals surface area contributed by atoms with E-state index in [9.17, 15) is 9.59 Å². The van der Waals surface area contributed by atoms with Crippen molar-refractivity contribution in [2.75, 3.05) is 18.1 Å². The zero-order chi connectivity index (χ0) is 17.5. The highest BCUT2D eigenvalue weighted by Crippen LogP contribution is 2.64. The Kier molecular flexibility index (Phi) is 4.80. The van der Waals surface area contributed by atoms with Gasteiger partial charge in [0.05, 0.1) is 5.69 Å². The van der Waals surface area contributed by atoms with Gasteiger partial charge in [-0.2, -0.15) is 0 Å². The molecule has 24 heavy (non-hydrogen) atoms. The first kappa shape index (κ1) is 17.9. The average molecular weight is 388 g/mol. The summed E-state index contributed by atoms with van der Waals surface area (Å²) in [4.78, 5) is 27.5. The highest BCUT2D eigenvalue weighted by molar-refractivity contribution is 8.00. The Hall–Kier alpha value is -0.910. The molecule has 130 valence electrons. The summed E-state index contributed by atoms with van der Waals surface area (Å²) in [6.07, 6.45) is 1.22. The monoisotopic (exact) mass is 387 g/mol. The average Bonchev–Trinajstić information content (AvgIpc) is 3.11. The molecule has 0 saturated heterocycles. The van der Waals surface area contributed by atoms with E-state index in [1.807, 2.05) is 24.3 Å². The predicted molar refractivity (Wildman–Crippen MR) is 96.9 cm³/mol. The number of carbonyl (C=O) groups is 2. The summed E-state index contributed by atoms with van der Waals surface area (Å²) in [6.45, 7) is 4.10. The Labute approximate surface area is 155 Å². The fourth-order valence-corrected chi connectivity index (χ4v) is 4.53. The quantitative estimate of drug-likeness (QED) is 0.580. The molecule has 0 bridgehead atoms. The van der Waals surface area contributed by atoms with E-state index in [1.54, 1.807) is 23.6 Å². The Morgan fingerprint density at radius 1 is 1.38 bits per heavy atom. The number of carbonyl (C=O) groups excluding carboxylic acids is 2. The maximum atomic E-state index is 12.6. The number of thioether (sulfide) groups is 1. The molecule has 1 aromatic carbocycles. The summed E-state index contributed by atoms with van der Waals surface area (Å²) >= 11 is 13.7. The smallest absolute Gasteiger partial charge is 0.315 e. The van der Waals surface area contributed by atoms with Crippen LogP contribution in [0.1, 0.15) is 26.7 Å². The summed E-state index contributed by atoms with van der Waals surface area (Å²) in [5, 5.41) is 0.421. The van der Waals surface area contributed by atoms with E-state index in [-0.39, 0.29) is 12.5 Å². The maximum absolute atomic E-state index is 12.6. The second kappa shape index (κ2) is 6.43. The lowest BCUT2D eigenvalue weighted by molar-refractivity contribution is -0.152. The van der Waals surface area contributed by atoms with Gasteiger partial charge in [-0.05, 0) is 25.5 Å². The van der Waals surface area contributed by atoms with Gasteiger partial charge in [0.2, 0.25) is 0 Å². The minimum atomic E-state index is -1.09. The molecule has 1 amide bonds. The van der Waals surface area contributed by atoms with Crippen LogP contribution in [-0.2, 0) is 14.3 Å². The highest BCUT2D eigenvalue weighted by atomic mass is 35.5. The van der Waals surface area contributed by atoms with Gasteiger partial charge < -0.3 is 9.64 Å². The zero-order valence-corrected chi connectivity index (χ0v) is 15.9. The number of alkyl halides is 2. The van der Waals surface area contributed by atoms with Crippen LogP contribution in [0.5, 0.6) is 0 Å². The van der Waals surface area contributed by atoms with E-state index in [4.69, 9.17) is 27.9 Å².